The van der Waals surface area contributed by atoms with Gasteiger partial charge in [-0.1, -0.05) is 24.3 Å². The number of fused-ring (bicyclic) bond motifs is 1. The van der Waals surface area contributed by atoms with Crippen molar-refractivity contribution in [3.05, 3.63) is 35.4 Å². The number of ether oxygens (including phenoxy) is 1. The Balaban J connectivity index is 1.41. The highest BCUT2D eigenvalue weighted by Gasteiger charge is 2.26. The molecule has 24 heavy (non-hydrogen) atoms. The van der Waals surface area contributed by atoms with Crippen molar-refractivity contribution in [1.82, 2.24) is 0 Å². The number of benzene rings is 1. The van der Waals surface area contributed by atoms with E-state index in [1.165, 1.54) is 27.3 Å². The molecule has 1 aromatic rings. The van der Waals surface area contributed by atoms with Crippen LogP contribution in [0, 0.1) is 0 Å². The van der Waals surface area contributed by atoms with E-state index in [2.05, 4.69) is 24.3 Å². The van der Waals surface area contributed by atoms with Crippen LogP contribution in [0.5, 0.6) is 0 Å². The Morgan fingerprint density at radius 2 is 1.88 bits per heavy atom. The number of aryl methyl sites for hydroxylation is 1. The highest BCUT2D eigenvalue weighted by atomic mass is 16.5. The molecule has 0 spiro atoms. The number of piperazine rings is 1. The third kappa shape index (κ3) is 4.77. The molecule has 5 heteroatoms. The molecule has 0 bridgehead atoms. The number of quaternary nitrogens is 2. The summed E-state index contributed by atoms with van der Waals surface area (Å²) in [4.78, 5) is 2.93. The number of aliphatic hydroxyl groups is 2. The summed E-state index contributed by atoms with van der Waals surface area (Å²) in [6, 6.07) is 8.53. The minimum Gasteiger partial charge on any atom is -0.391 e. The number of aliphatic hydroxyl groups excluding tert-OH is 2. The minimum absolute atomic E-state index is 0.144. The Bertz CT molecular complexity index is 503. The molecular weight excluding hydrogens is 304 g/mol. The molecule has 1 aromatic carbocycles. The van der Waals surface area contributed by atoms with Crippen LogP contribution in [-0.2, 0) is 11.2 Å². The van der Waals surface area contributed by atoms with Crippen LogP contribution < -0.4 is 9.80 Å². The summed E-state index contributed by atoms with van der Waals surface area (Å²) in [5, 5.41) is 19.4. The standard InChI is InChI=1S/C19H30N2O3/c22-13-12-20-8-10-21(11-9-20)14-17(23)15-24-19-7-3-5-16-4-1-2-6-18(16)19/h1-2,4,6,17,19,22-23H,3,5,7-15H2/p+2/t17-,19-/m0/s1. The van der Waals surface area contributed by atoms with Gasteiger partial charge in [0.1, 0.15) is 45.4 Å². The molecule has 0 amide bonds. The van der Waals surface area contributed by atoms with Crippen LogP contribution in [-0.4, -0.2) is 68.8 Å². The van der Waals surface area contributed by atoms with Gasteiger partial charge in [-0.15, -0.1) is 0 Å². The maximum absolute atomic E-state index is 10.4. The lowest BCUT2D eigenvalue weighted by molar-refractivity contribution is -1.01. The molecule has 1 heterocycles. The summed E-state index contributed by atoms with van der Waals surface area (Å²) in [6.07, 6.45) is 3.11. The summed E-state index contributed by atoms with van der Waals surface area (Å²) >= 11 is 0. The van der Waals surface area contributed by atoms with Crippen molar-refractivity contribution < 1.29 is 24.7 Å². The van der Waals surface area contributed by atoms with Crippen molar-refractivity contribution in [3.8, 4) is 0 Å². The lowest BCUT2D eigenvalue weighted by Gasteiger charge is -2.31. The summed E-state index contributed by atoms with van der Waals surface area (Å²) < 4.78 is 6.07. The summed E-state index contributed by atoms with van der Waals surface area (Å²) in [5.41, 5.74) is 2.71. The molecule has 4 N–H and O–H groups in total. The summed E-state index contributed by atoms with van der Waals surface area (Å²) in [7, 11) is 0. The Kier molecular flexibility index (Phi) is 6.63. The predicted octanol–water partition coefficient (Wildman–Crippen LogP) is -1.78. The smallest absolute Gasteiger partial charge is 0.127 e. The van der Waals surface area contributed by atoms with E-state index >= 15 is 0 Å². The van der Waals surface area contributed by atoms with Gasteiger partial charge in [0.05, 0.1) is 19.3 Å². The topological polar surface area (TPSA) is 58.6 Å². The lowest BCUT2D eigenvalue weighted by atomic mass is 9.89. The Morgan fingerprint density at radius 3 is 2.67 bits per heavy atom. The van der Waals surface area contributed by atoms with E-state index in [0.29, 0.717) is 6.61 Å². The van der Waals surface area contributed by atoms with Crippen LogP contribution in [0.25, 0.3) is 0 Å². The van der Waals surface area contributed by atoms with Crippen LogP contribution >= 0.6 is 0 Å². The average molecular weight is 336 g/mol. The van der Waals surface area contributed by atoms with Crippen molar-refractivity contribution in [2.45, 2.75) is 31.5 Å². The third-order valence-corrected chi connectivity index (χ3v) is 5.46. The van der Waals surface area contributed by atoms with Crippen molar-refractivity contribution in [2.24, 2.45) is 0 Å². The number of rotatable bonds is 7. The number of hydrogen-bond donors (Lipinski definition) is 4. The van der Waals surface area contributed by atoms with Crippen LogP contribution in [0.15, 0.2) is 24.3 Å². The first-order chi connectivity index (χ1) is 11.8. The second-order valence-corrected chi connectivity index (χ2v) is 7.24. The quantitative estimate of drug-likeness (QED) is 0.476. The fourth-order valence-corrected chi connectivity index (χ4v) is 4.07. The molecule has 2 aliphatic rings. The molecule has 1 fully saturated rings. The maximum Gasteiger partial charge on any atom is 0.127 e. The second kappa shape index (κ2) is 8.92. The van der Waals surface area contributed by atoms with Gasteiger partial charge in [-0.3, -0.25) is 0 Å². The number of nitrogens with one attached hydrogen (secondary N) is 2. The van der Waals surface area contributed by atoms with Gasteiger partial charge in [0, 0.05) is 0 Å². The van der Waals surface area contributed by atoms with Crippen molar-refractivity contribution in [3.63, 3.8) is 0 Å². The van der Waals surface area contributed by atoms with E-state index in [-0.39, 0.29) is 12.7 Å². The molecular formula is C19H32N2O3+2. The van der Waals surface area contributed by atoms with Crippen LogP contribution in [0.1, 0.15) is 30.1 Å². The van der Waals surface area contributed by atoms with Gasteiger partial charge >= 0.3 is 0 Å². The van der Waals surface area contributed by atoms with E-state index < -0.39 is 6.10 Å². The zero-order chi connectivity index (χ0) is 16.8. The molecule has 0 unspecified atom stereocenters. The largest absolute Gasteiger partial charge is 0.391 e. The van der Waals surface area contributed by atoms with Gasteiger partial charge in [0.15, 0.2) is 0 Å². The fraction of sp³-hybridized carbons (Fsp3) is 0.684. The monoisotopic (exact) mass is 336 g/mol. The van der Waals surface area contributed by atoms with E-state index in [9.17, 15) is 5.11 Å². The van der Waals surface area contributed by atoms with Crippen LogP contribution in [0.3, 0.4) is 0 Å². The van der Waals surface area contributed by atoms with Gasteiger partial charge in [0.2, 0.25) is 0 Å². The molecule has 3 rings (SSSR count). The van der Waals surface area contributed by atoms with E-state index in [1.807, 2.05) is 0 Å². The maximum atomic E-state index is 10.4. The second-order valence-electron chi connectivity index (χ2n) is 7.24. The summed E-state index contributed by atoms with van der Waals surface area (Å²) in [6.45, 7) is 6.61. The fourth-order valence-electron chi connectivity index (χ4n) is 4.07. The van der Waals surface area contributed by atoms with Gasteiger partial charge in [-0.2, -0.15) is 0 Å². The molecule has 1 aliphatic carbocycles. The van der Waals surface area contributed by atoms with E-state index in [4.69, 9.17) is 9.84 Å². The Morgan fingerprint density at radius 1 is 1.12 bits per heavy atom. The average Bonchev–Trinajstić information content (AvgIpc) is 2.62. The highest BCUT2D eigenvalue weighted by Crippen LogP contribution is 2.32. The SMILES string of the molecule is OCC[NH+]1CC[NH+](C[C@H](O)CO[C@H]2CCCc3ccccc32)CC1. The normalized spacial score (nSPS) is 28.3. The zero-order valence-electron chi connectivity index (χ0n) is 14.5. The van der Waals surface area contributed by atoms with E-state index in [0.717, 1.165) is 52.1 Å². The molecule has 0 radical (unpaired) electrons. The number of hydrogen-bond acceptors (Lipinski definition) is 3. The highest BCUT2D eigenvalue weighted by molar-refractivity contribution is 5.31. The molecule has 5 nitrogen and oxygen atoms in total. The van der Waals surface area contributed by atoms with E-state index in [1.54, 1.807) is 0 Å². The van der Waals surface area contributed by atoms with Crippen molar-refractivity contribution in [1.29, 1.82) is 0 Å². The van der Waals surface area contributed by atoms with Gasteiger partial charge in [-0.05, 0) is 30.4 Å². The van der Waals surface area contributed by atoms with Crippen LogP contribution in [0.4, 0.5) is 0 Å². The first-order valence-electron chi connectivity index (χ1n) is 9.41. The van der Waals surface area contributed by atoms with Crippen molar-refractivity contribution in [2.75, 3.05) is 52.5 Å². The summed E-state index contributed by atoms with van der Waals surface area (Å²) in [5.74, 6) is 0. The zero-order valence-corrected chi connectivity index (χ0v) is 14.5. The molecule has 134 valence electrons. The first-order valence-corrected chi connectivity index (χ1v) is 9.41. The molecule has 2 atom stereocenters. The Hall–Kier alpha value is -0.980. The lowest BCUT2D eigenvalue weighted by Crippen LogP contribution is -3.28. The molecule has 1 saturated heterocycles. The molecule has 0 aromatic heterocycles. The molecule has 1 aliphatic heterocycles. The Labute approximate surface area is 144 Å². The van der Waals surface area contributed by atoms with Gasteiger partial charge < -0.3 is 24.7 Å². The minimum atomic E-state index is -0.395. The first kappa shape index (κ1) is 17.8. The molecule has 0 saturated carbocycles. The van der Waals surface area contributed by atoms with Crippen molar-refractivity contribution >= 4 is 0 Å². The third-order valence-electron chi connectivity index (χ3n) is 5.46. The van der Waals surface area contributed by atoms with Gasteiger partial charge in [-0.25, -0.2) is 0 Å². The predicted molar refractivity (Wildman–Crippen MR) is 92.3 cm³/mol. The van der Waals surface area contributed by atoms with Gasteiger partial charge in [0.25, 0.3) is 0 Å². The van der Waals surface area contributed by atoms with Crippen LogP contribution in [0.2, 0.25) is 0 Å².